The van der Waals surface area contributed by atoms with E-state index >= 15 is 0 Å². The molecular weight excluding hydrogens is 326 g/mol. The summed E-state index contributed by atoms with van der Waals surface area (Å²) in [5.41, 5.74) is 1.44. The van der Waals surface area contributed by atoms with E-state index in [4.69, 9.17) is 0 Å². The molecule has 2 heteroatoms. The van der Waals surface area contributed by atoms with Gasteiger partial charge < -0.3 is 12.4 Å². The second-order valence-electron chi connectivity index (χ2n) is 7.39. The van der Waals surface area contributed by atoms with Crippen LogP contribution in [0.1, 0.15) is 109 Å². The predicted octanol–water partition coefficient (Wildman–Crippen LogP) is 4.02. The lowest BCUT2D eigenvalue weighted by Crippen LogP contribution is -3.00. The molecular formula is C23H42ClN. The molecule has 0 aliphatic heterocycles. The summed E-state index contributed by atoms with van der Waals surface area (Å²) in [6.07, 6.45) is 25.7. The van der Waals surface area contributed by atoms with Gasteiger partial charge in [0.2, 0.25) is 0 Å². The smallest absolute Gasteiger partial charge is 0.169 e. The fraction of sp³-hybridized carbons (Fsp3) is 0.783. The Morgan fingerprint density at radius 1 is 0.600 bits per heavy atom. The Labute approximate surface area is 164 Å². The van der Waals surface area contributed by atoms with Crippen LogP contribution in [0.4, 0.5) is 0 Å². The topological polar surface area (TPSA) is 3.88 Å². The van der Waals surface area contributed by atoms with Crippen molar-refractivity contribution in [2.45, 2.75) is 117 Å². The third kappa shape index (κ3) is 14.3. The lowest BCUT2D eigenvalue weighted by Gasteiger charge is -2.03. The molecule has 1 aromatic heterocycles. The minimum Gasteiger partial charge on any atom is -1.00 e. The van der Waals surface area contributed by atoms with Gasteiger partial charge in [-0.1, -0.05) is 90.9 Å². The maximum absolute atomic E-state index is 2.33. The molecule has 0 spiro atoms. The van der Waals surface area contributed by atoms with E-state index in [2.05, 4.69) is 42.9 Å². The number of pyridine rings is 1. The molecule has 25 heavy (non-hydrogen) atoms. The normalized spacial score (nSPS) is 10.6. The summed E-state index contributed by atoms with van der Waals surface area (Å²) in [6.45, 7) is 5.69. The fourth-order valence-corrected chi connectivity index (χ4v) is 3.36. The zero-order valence-corrected chi connectivity index (χ0v) is 17.7. The van der Waals surface area contributed by atoms with E-state index in [0.29, 0.717) is 0 Å². The summed E-state index contributed by atoms with van der Waals surface area (Å²) in [6, 6.07) is 4.51. The van der Waals surface area contributed by atoms with E-state index in [1.54, 1.807) is 0 Å². The Morgan fingerprint density at radius 2 is 1.00 bits per heavy atom. The van der Waals surface area contributed by atoms with Crippen molar-refractivity contribution in [2.75, 3.05) is 0 Å². The molecule has 0 saturated carbocycles. The number of nitrogens with zero attached hydrogens (tertiary/aromatic N) is 1. The fourth-order valence-electron chi connectivity index (χ4n) is 3.36. The molecule has 146 valence electrons. The van der Waals surface area contributed by atoms with Gasteiger partial charge in [0, 0.05) is 18.6 Å². The monoisotopic (exact) mass is 367 g/mol. The van der Waals surface area contributed by atoms with E-state index in [1.165, 1.54) is 102 Å². The third-order valence-electron chi connectivity index (χ3n) is 5.14. The van der Waals surface area contributed by atoms with Crippen LogP contribution in [0, 0.1) is 0 Å². The number of aromatic nitrogens is 1. The maximum Gasteiger partial charge on any atom is 0.169 e. The average Bonchev–Trinajstić information content (AvgIpc) is 2.62. The van der Waals surface area contributed by atoms with Crippen molar-refractivity contribution in [3.63, 3.8) is 0 Å². The molecule has 1 nitrogen and oxygen atoms in total. The second kappa shape index (κ2) is 18.2. The highest BCUT2D eigenvalue weighted by Crippen LogP contribution is 2.12. The standard InChI is InChI=1S/C23H42N.ClH/c1-3-5-6-7-8-9-10-11-12-13-14-15-16-17-20-24-21-18-23(4-2)19-22-24;/h18-19,21-22H,3-17,20H2,1-2H3;1H/q+1;/p-1. The lowest BCUT2D eigenvalue weighted by molar-refractivity contribution is -0.697. The van der Waals surface area contributed by atoms with Crippen LogP contribution in [0.3, 0.4) is 0 Å². The highest BCUT2D eigenvalue weighted by Gasteiger charge is 2.00. The third-order valence-corrected chi connectivity index (χ3v) is 5.14. The number of hydrogen-bond acceptors (Lipinski definition) is 0. The highest BCUT2D eigenvalue weighted by molar-refractivity contribution is 5.06. The van der Waals surface area contributed by atoms with Crippen molar-refractivity contribution in [1.82, 2.24) is 0 Å². The molecule has 0 amide bonds. The van der Waals surface area contributed by atoms with Crippen molar-refractivity contribution in [1.29, 1.82) is 0 Å². The first-order valence-electron chi connectivity index (χ1n) is 10.8. The molecule has 0 aromatic carbocycles. The van der Waals surface area contributed by atoms with Gasteiger partial charge in [-0.3, -0.25) is 0 Å². The van der Waals surface area contributed by atoms with Crippen LogP contribution in [-0.4, -0.2) is 0 Å². The van der Waals surface area contributed by atoms with Crippen LogP contribution in [0.2, 0.25) is 0 Å². The molecule has 0 unspecified atom stereocenters. The highest BCUT2D eigenvalue weighted by atomic mass is 35.5. The first-order chi connectivity index (χ1) is 11.9. The number of unbranched alkanes of at least 4 members (excludes halogenated alkanes) is 13. The SMILES string of the molecule is CCCCCCCCCCCCCCCC[n+]1ccc(CC)cc1.[Cl-]. The van der Waals surface area contributed by atoms with Gasteiger partial charge in [-0.15, -0.1) is 0 Å². The number of rotatable bonds is 16. The quantitative estimate of drug-likeness (QED) is 0.307. The summed E-state index contributed by atoms with van der Waals surface area (Å²) in [5.74, 6) is 0. The molecule has 0 atom stereocenters. The predicted molar refractivity (Wildman–Crippen MR) is 106 cm³/mol. The van der Waals surface area contributed by atoms with Crippen LogP contribution >= 0.6 is 0 Å². The van der Waals surface area contributed by atoms with Gasteiger partial charge in [0.15, 0.2) is 12.4 Å². The number of aryl methyl sites for hydroxylation is 2. The van der Waals surface area contributed by atoms with Crippen molar-refractivity contribution < 1.29 is 17.0 Å². The molecule has 0 fully saturated rings. The second-order valence-corrected chi connectivity index (χ2v) is 7.39. The summed E-state index contributed by atoms with van der Waals surface area (Å²) >= 11 is 0. The van der Waals surface area contributed by atoms with Crippen LogP contribution in [0.25, 0.3) is 0 Å². The molecule has 0 aliphatic rings. The first-order valence-corrected chi connectivity index (χ1v) is 10.8. The number of hydrogen-bond donors (Lipinski definition) is 0. The molecule has 0 bridgehead atoms. The minimum atomic E-state index is 0. The molecule has 0 radical (unpaired) electrons. The molecule has 0 aliphatic carbocycles. The molecule has 1 rings (SSSR count). The van der Waals surface area contributed by atoms with Crippen molar-refractivity contribution in [2.24, 2.45) is 0 Å². The van der Waals surface area contributed by atoms with Gasteiger partial charge in [-0.05, 0) is 18.4 Å². The van der Waals surface area contributed by atoms with Crippen LogP contribution in [-0.2, 0) is 13.0 Å². The Balaban J connectivity index is 0.00000576. The van der Waals surface area contributed by atoms with Gasteiger partial charge in [-0.25, -0.2) is 4.57 Å². The summed E-state index contributed by atoms with van der Waals surface area (Å²) in [7, 11) is 0. The molecule has 1 aromatic rings. The van der Waals surface area contributed by atoms with Crippen molar-refractivity contribution in [3.8, 4) is 0 Å². The average molecular weight is 368 g/mol. The van der Waals surface area contributed by atoms with Crippen molar-refractivity contribution in [3.05, 3.63) is 30.1 Å². The molecule has 1 heterocycles. The van der Waals surface area contributed by atoms with Gasteiger partial charge in [0.05, 0.1) is 0 Å². The van der Waals surface area contributed by atoms with E-state index in [9.17, 15) is 0 Å². The zero-order valence-electron chi connectivity index (χ0n) is 16.9. The molecule has 0 saturated heterocycles. The Bertz CT molecular complexity index is 374. The Kier molecular flexibility index (Phi) is 17.8. The van der Waals surface area contributed by atoms with Crippen LogP contribution < -0.4 is 17.0 Å². The van der Waals surface area contributed by atoms with Crippen molar-refractivity contribution >= 4 is 0 Å². The van der Waals surface area contributed by atoms with Gasteiger partial charge in [0.25, 0.3) is 0 Å². The van der Waals surface area contributed by atoms with E-state index < -0.39 is 0 Å². The summed E-state index contributed by atoms with van der Waals surface area (Å²) < 4.78 is 2.33. The largest absolute Gasteiger partial charge is 1.00 e. The molecule has 0 N–H and O–H groups in total. The Hall–Kier alpha value is -0.560. The van der Waals surface area contributed by atoms with Crippen LogP contribution in [0.5, 0.6) is 0 Å². The minimum absolute atomic E-state index is 0. The van der Waals surface area contributed by atoms with Gasteiger partial charge >= 0.3 is 0 Å². The Morgan fingerprint density at radius 3 is 1.40 bits per heavy atom. The van der Waals surface area contributed by atoms with Gasteiger partial charge in [-0.2, -0.15) is 0 Å². The summed E-state index contributed by atoms with van der Waals surface area (Å²) in [5, 5.41) is 0. The zero-order chi connectivity index (χ0) is 17.3. The first kappa shape index (κ1) is 24.4. The summed E-state index contributed by atoms with van der Waals surface area (Å²) in [4.78, 5) is 0. The van der Waals surface area contributed by atoms with E-state index in [1.807, 2.05) is 0 Å². The van der Waals surface area contributed by atoms with Gasteiger partial charge in [0.1, 0.15) is 6.54 Å². The van der Waals surface area contributed by atoms with E-state index in [-0.39, 0.29) is 12.4 Å². The lowest BCUT2D eigenvalue weighted by atomic mass is 10.0. The number of halogens is 1. The van der Waals surface area contributed by atoms with Crippen LogP contribution in [0.15, 0.2) is 24.5 Å². The maximum atomic E-state index is 2.33. The van der Waals surface area contributed by atoms with E-state index in [0.717, 1.165) is 6.42 Å².